The highest BCUT2D eigenvalue weighted by atomic mass is 16.5. The Kier molecular flexibility index (Phi) is 6.01. The van der Waals surface area contributed by atoms with Gasteiger partial charge in [-0.3, -0.25) is 9.59 Å². The maximum Gasteiger partial charge on any atom is 0.316 e. The number of anilines is 1. The van der Waals surface area contributed by atoms with E-state index >= 15 is 0 Å². The first-order chi connectivity index (χ1) is 11.8. The average Bonchev–Trinajstić information content (AvgIpc) is 2.54. The summed E-state index contributed by atoms with van der Waals surface area (Å²) < 4.78 is 10.8. The first-order valence-corrected chi connectivity index (χ1v) is 8.68. The fourth-order valence-electron chi connectivity index (χ4n) is 2.83. The van der Waals surface area contributed by atoms with E-state index in [1.165, 1.54) is 6.92 Å². The van der Waals surface area contributed by atoms with Gasteiger partial charge < -0.3 is 15.2 Å². The second-order valence-electron chi connectivity index (χ2n) is 6.73. The zero-order valence-corrected chi connectivity index (χ0v) is 15.3. The summed E-state index contributed by atoms with van der Waals surface area (Å²) in [4.78, 5) is 24.2. The molecule has 1 aromatic rings. The molecule has 136 valence electrons. The SMILES string of the molecule is C=C(c1ccc(C(C)=O)c(N)c1)C(C)(CC)C(=O)OCCC1CCO1. The third kappa shape index (κ3) is 4.10. The molecular weight excluding hydrogens is 318 g/mol. The summed E-state index contributed by atoms with van der Waals surface area (Å²) in [5.41, 5.74) is 7.36. The van der Waals surface area contributed by atoms with Crippen LogP contribution in [0.5, 0.6) is 0 Å². The van der Waals surface area contributed by atoms with Gasteiger partial charge in [-0.15, -0.1) is 0 Å². The molecule has 1 fully saturated rings. The molecule has 0 saturated carbocycles. The predicted octanol–water partition coefficient (Wildman–Crippen LogP) is 3.62. The lowest BCUT2D eigenvalue weighted by molar-refractivity contribution is -0.153. The van der Waals surface area contributed by atoms with E-state index in [0.29, 0.717) is 29.9 Å². The van der Waals surface area contributed by atoms with Crippen LogP contribution in [0.3, 0.4) is 0 Å². The van der Waals surface area contributed by atoms with E-state index < -0.39 is 5.41 Å². The van der Waals surface area contributed by atoms with Gasteiger partial charge in [-0.1, -0.05) is 19.6 Å². The van der Waals surface area contributed by atoms with Crippen molar-refractivity contribution in [2.45, 2.75) is 46.1 Å². The van der Waals surface area contributed by atoms with Crippen molar-refractivity contribution in [3.05, 3.63) is 35.9 Å². The zero-order chi connectivity index (χ0) is 18.6. The van der Waals surface area contributed by atoms with Crippen molar-refractivity contribution in [1.29, 1.82) is 0 Å². The molecule has 2 unspecified atom stereocenters. The topological polar surface area (TPSA) is 78.6 Å². The van der Waals surface area contributed by atoms with Gasteiger partial charge in [0.2, 0.25) is 0 Å². The van der Waals surface area contributed by atoms with Crippen molar-refractivity contribution in [3.63, 3.8) is 0 Å². The normalized spacial score (nSPS) is 18.8. The van der Waals surface area contributed by atoms with Crippen LogP contribution < -0.4 is 5.73 Å². The van der Waals surface area contributed by atoms with Crippen LogP contribution in [0.25, 0.3) is 5.57 Å². The summed E-state index contributed by atoms with van der Waals surface area (Å²) in [7, 11) is 0. The average molecular weight is 345 g/mol. The standard InChI is InChI=1S/C20H27NO4/c1-5-20(4,19(23)25-11-9-16-8-10-24-16)13(2)15-6-7-17(14(3)22)18(21)12-15/h6-7,12,16H,2,5,8-11,21H2,1,3-4H3. The lowest BCUT2D eigenvalue weighted by Gasteiger charge is -2.30. The van der Waals surface area contributed by atoms with Crippen LogP contribution in [-0.2, 0) is 14.3 Å². The van der Waals surface area contributed by atoms with Crippen molar-refractivity contribution in [2.24, 2.45) is 5.41 Å². The Labute approximate surface area is 149 Å². The molecule has 25 heavy (non-hydrogen) atoms. The van der Waals surface area contributed by atoms with Crippen molar-refractivity contribution >= 4 is 23.0 Å². The molecule has 0 spiro atoms. The molecular formula is C20H27NO4. The van der Waals surface area contributed by atoms with E-state index in [1.807, 2.05) is 13.8 Å². The highest BCUT2D eigenvalue weighted by Crippen LogP contribution is 2.39. The number of esters is 1. The summed E-state index contributed by atoms with van der Waals surface area (Å²) in [6.07, 6.45) is 2.51. The molecule has 1 saturated heterocycles. The number of Topliss-reactive ketones (excluding diaryl/α,β-unsaturated/α-hetero) is 1. The maximum atomic E-state index is 12.6. The molecule has 0 bridgehead atoms. The monoisotopic (exact) mass is 345 g/mol. The Morgan fingerprint density at radius 2 is 2.12 bits per heavy atom. The Hall–Kier alpha value is -2.14. The maximum absolute atomic E-state index is 12.6. The molecule has 1 aliphatic rings. The van der Waals surface area contributed by atoms with Crippen molar-refractivity contribution < 1.29 is 19.1 Å². The molecule has 2 rings (SSSR count). The number of carbonyl (C=O) groups is 2. The lowest BCUT2D eigenvalue weighted by atomic mass is 9.77. The van der Waals surface area contributed by atoms with Crippen LogP contribution in [0.1, 0.15) is 56.0 Å². The summed E-state index contributed by atoms with van der Waals surface area (Å²) in [6, 6.07) is 5.15. The minimum atomic E-state index is -0.843. The van der Waals surface area contributed by atoms with Crippen LogP contribution in [0.15, 0.2) is 24.8 Å². The minimum Gasteiger partial charge on any atom is -0.465 e. The van der Waals surface area contributed by atoms with Gasteiger partial charge in [0.05, 0.1) is 18.1 Å². The van der Waals surface area contributed by atoms with E-state index in [1.54, 1.807) is 18.2 Å². The number of ketones is 1. The number of hydrogen-bond acceptors (Lipinski definition) is 5. The summed E-state index contributed by atoms with van der Waals surface area (Å²) in [5.74, 6) is -0.390. The van der Waals surface area contributed by atoms with Crippen LogP contribution >= 0.6 is 0 Å². The molecule has 5 heteroatoms. The molecule has 0 amide bonds. The molecule has 0 aromatic heterocycles. The van der Waals surface area contributed by atoms with E-state index in [-0.39, 0.29) is 17.9 Å². The van der Waals surface area contributed by atoms with E-state index in [9.17, 15) is 9.59 Å². The molecule has 5 nitrogen and oxygen atoms in total. The highest BCUT2D eigenvalue weighted by molar-refractivity contribution is 6.00. The van der Waals surface area contributed by atoms with Gasteiger partial charge in [-0.05, 0) is 50.0 Å². The number of hydrogen-bond donors (Lipinski definition) is 1. The summed E-state index contributed by atoms with van der Waals surface area (Å²) in [6.45, 7) is 10.5. The molecule has 1 aliphatic heterocycles. The summed E-state index contributed by atoms with van der Waals surface area (Å²) in [5, 5.41) is 0. The first-order valence-electron chi connectivity index (χ1n) is 8.68. The number of carbonyl (C=O) groups excluding carboxylic acids is 2. The number of ether oxygens (including phenoxy) is 2. The molecule has 0 radical (unpaired) electrons. The second kappa shape index (κ2) is 7.83. The number of benzene rings is 1. The molecule has 0 aliphatic carbocycles. The van der Waals surface area contributed by atoms with Crippen LogP contribution in [0, 0.1) is 5.41 Å². The molecule has 1 heterocycles. The first kappa shape index (κ1) is 19.2. The van der Waals surface area contributed by atoms with E-state index in [4.69, 9.17) is 15.2 Å². The quantitative estimate of drug-likeness (QED) is 0.442. The number of rotatable bonds is 8. The van der Waals surface area contributed by atoms with Crippen molar-refractivity contribution in [1.82, 2.24) is 0 Å². The van der Waals surface area contributed by atoms with Gasteiger partial charge >= 0.3 is 5.97 Å². The van der Waals surface area contributed by atoms with Crippen LogP contribution in [0.4, 0.5) is 5.69 Å². The fraction of sp³-hybridized carbons (Fsp3) is 0.500. The van der Waals surface area contributed by atoms with Crippen LogP contribution in [0.2, 0.25) is 0 Å². The fourth-order valence-corrected chi connectivity index (χ4v) is 2.83. The van der Waals surface area contributed by atoms with Crippen LogP contribution in [-0.4, -0.2) is 31.1 Å². The minimum absolute atomic E-state index is 0.0921. The van der Waals surface area contributed by atoms with Gasteiger partial charge in [0.15, 0.2) is 5.78 Å². The second-order valence-corrected chi connectivity index (χ2v) is 6.73. The number of nitrogens with two attached hydrogens (primary N) is 1. The third-order valence-corrected chi connectivity index (χ3v) is 5.07. The predicted molar refractivity (Wildman–Crippen MR) is 98.2 cm³/mol. The van der Waals surface area contributed by atoms with E-state index in [2.05, 4.69) is 6.58 Å². The zero-order valence-electron chi connectivity index (χ0n) is 15.3. The molecule has 2 atom stereocenters. The van der Waals surface area contributed by atoms with Crippen molar-refractivity contribution in [3.8, 4) is 0 Å². The van der Waals surface area contributed by atoms with Gasteiger partial charge in [0.1, 0.15) is 0 Å². The third-order valence-electron chi connectivity index (χ3n) is 5.07. The van der Waals surface area contributed by atoms with Gasteiger partial charge in [-0.25, -0.2) is 0 Å². The van der Waals surface area contributed by atoms with Crippen molar-refractivity contribution in [2.75, 3.05) is 18.9 Å². The molecule has 1 aromatic carbocycles. The Bertz CT molecular complexity index is 678. The lowest BCUT2D eigenvalue weighted by Crippen LogP contribution is -2.33. The largest absolute Gasteiger partial charge is 0.465 e. The summed E-state index contributed by atoms with van der Waals surface area (Å²) >= 11 is 0. The van der Waals surface area contributed by atoms with Gasteiger partial charge in [0, 0.05) is 24.3 Å². The number of nitrogen functional groups attached to an aromatic ring is 1. The molecule has 2 N–H and O–H groups in total. The Morgan fingerprint density at radius 1 is 1.44 bits per heavy atom. The highest BCUT2D eigenvalue weighted by Gasteiger charge is 2.37. The van der Waals surface area contributed by atoms with Gasteiger partial charge in [0.25, 0.3) is 0 Å². The Balaban J connectivity index is 2.10. The van der Waals surface area contributed by atoms with Gasteiger partial charge in [-0.2, -0.15) is 0 Å². The smallest absolute Gasteiger partial charge is 0.316 e. The van der Waals surface area contributed by atoms with E-state index in [0.717, 1.165) is 25.0 Å². The Morgan fingerprint density at radius 3 is 2.60 bits per heavy atom.